The maximum atomic E-state index is 12.1. The standard InChI is InChI=1S/C17H13NO3/c1-8-5-12-14-13(18-17(12)20)6-9-3-4-10(19)7-11(9)15(14)16(8)21-2/h3-7,19H,1-2H3,(H,18,20). The van der Waals surface area contributed by atoms with Crippen molar-refractivity contribution >= 4 is 33.1 Å². The van der Waals surface area contributed by atoms with Crippen LogP contribution in [0.25, 0.3) is 21.5 Å². The molecule has 0 bridgehead atoms. The fourth-order valence-electron chi connectivity index (χ4n) is 3.18. The van der Waals surface area contributed by atoms with Crippen LogP contribution in [0.3, 0.4) is 0 Å². The van der Waals surface area contributed by atoms with Gasteiger partial charge in [0.25, 0.3) is 5.91 Å². The van der Waals surface area contributed by atoms with Crippen LogP contribution >= 0.6 is 0 Å². The average Bonchev–Trinajstić information content (AvgIpc) is 2.76. The summed E-state index contributed by atoms with van der Waals surface area (Å²) in [7, 11) is 1.62. The molecule has 2 N–H and O–H groups in total. The first-order chi connectivity index (χ1) is 10.1. The molecule has 21 heavy (non-hydrogen) atoms. The van der Waals surface area contributed by atoms with Crippen LogP contribution < -0.4 is 10.1 Å². The van der Waals surface area contributed by atoms with E-state index in [0.717, 1.165) is 38.5 Å². The van der Waals surface area contributed by atoms with Gasteiger partial charge in [0.2, 0.25) is 0 Å². The first kappa shape index (κ1) is 12.0. The number of amides is 1. The molecule has 104 valence electrons. The van der Waals surface area contributed by atoms with E-state index < -0.39 is 0 Å². The summed E-state index contributed by atoms with van der Waals surface area (Å²) in [5.74, 6) is 0.836. The summed E-state index contributed by atoms with van der Waals surface area (Å²) in [5.41, 5.74) is 2.35. The van der Waals surface area contributed by atoms with E-state index in [0.29, 0.717) is 5.56 Å². The molecule has 1 aliphatic rings. The molecule has 0 saturated heterocycles. The Bertz CT molecular complexity index is 944. The SMILES string of the molecule is COc1c(C)cc2c3c(cc4ccc(O)cc4c13)NC2=O. The third-order valence-electron chi connectivity index (χ3n) is 4.04. The van der Waals surface area contributed by atoms with Crippen molar-refractivity contribution in [2.24, 2.45) is 0 Å². The number of phenols is 1. The molecule has 4 heteroatoms. The summed E-state index contributed by atoms with van der Waals surface area (Å²) in [4.78, 5) is 12.1. The zero-order valence-electron chi connectivity index (χ0n) is 11.7. The highest BCUT2D eigenvalue weighted by Crippen LogP contribution is 2.45. The first-order valence-electron chi connectivity index (χ1n) is 6.68. The minimum absolute atomic E-state index is 0.0970. The lowest BCUT2D eigenvalue weighted by molar-refractivity contribution is 0.103. The largest absolute Gasteiger partial charge is 0.508 e. The minimum atomic E-state index is -0.0970. The maximum Gasteiger partial charge on any atom is 0.256 e. The highest BCUT2D eigenvalue weighted by Gasteiger charge is 2.26. The number of rotatable bonds is 1. The molecule has 3 aromatic carbocycles. The lowest BCUT2D eigenvalue weighted by Gasteiger charge is -2.13. The summed E-state index contributed by atoms with van der Waals surface area (Å²) >= 11 is 0. The predicted octanol–water partition coefficient (Wildman–Crippen LogP) is 3.58. The van der Waals surface area contributed by atoms with Gasteiger partial charge in [-0.2, -0.15) is 0 Å². The Morgan fingerprint density at radius 2 is 1.95 bits per heavy atom. The predicted molar refractivity (Wildman–Crippen MR) is 82.4 cm³/mol. The van der Waals surface area contributed by atoms with Crippen LogP contribution in [0.1, 0.15) is 15.9 Å². The number of anilines is 1. The minimum Gasteiger partial charge on any atom is -0.508 e. The molecule has 0 atom stereocenters. The van der Waals surface area contributed by atoms with Crippen molar-refractivity contribution in [1.29, 1.82) is 0 Å². The summed E-state index contributed by atoms with van der Waals surface area (Å²) in [6.07, 6.45) is 0. The lowest BCUT2D eigenvalue weighted by Crippen LogP contribution is -2.04. The molecule has 4 nitrogen and oxygen atoms in total. The van der Waals surface area contributed by atoms with E-state index >= 15 is 0 Å². The molecular weight excluding hydrogens is 266 g/mol. The normalized spacial score (nSPS) is 13.0. The van der Waals surface area contributed by atoms with Gasteiger partial charge in [0, 0.05) is 10.8 Å². The number of nitrogens with one attached hydrogen (secondary N) is 1. The third-order valence-corrected chi connectivity index (χ3v) is 4.04. The van der Waals surface area contributed by atoms with Gasteiger partial charge in [0.05, 0.1) is 18.4 Å². The van der Waals surface area contributed by atoms with Crippen molar-refractivity contribution in [2.75, 3.05) is 12.4 Å². The number of aromatic hydroxyl groups is 1. The molecule has 1 amide bonds. The molecule has 0 unspecified atom stereocenters. The van der Waals surface area contributed by atoms with E-state index in [1.165, 1.54) is 0 Å². The fourth-order valence-corrected chi connectivity index (χ4v) is 3.18. The van der Waals surface area contributed by atoms with Gasteiger partial charge in [-0.15, -0.1) is 0 Å². The van der Waals surface area contributed by atoms with Crippen molar-refractivity contribution in [3.63, 3.8) is 0 Å². The van der Waals surface area contributed by atoms with Gasteiger partial charge in [0.15, 0.2) is 0 Å². The van der Waals surface area contributed by atoms with E-state index in [2.05, 4.69) is 5.32 Å². The maximum absolute atomic E-state index is 12.1. The Balaban J connectivity index is 2.35. The number of hydrogen-bond donors (Lipinski definition) is 2. The molecule has 0 fully saturated rings. The van der Waals surface area contributed by atoms with E-state index in [1.54, 1.807) is 19.2 Å². The molecule has 0 aromatic heterocycles. The summed E-state index contributed by atoms with van der Waals surface area (Å²) in [6, 6.07) is 8.97. The number of hydrogen-bond acceptors (Lipinski definition) is 3. The Morgan fingerprint density at radius 3 is 2.71 bits per heavy atom. The molecule has 0 spiro atoms. The Kier molecular flexibility index (Phi) is 2.22. The Morgan fingerprint density at radius 1 is 1.14 bits per heavy atom. The van der Waals surface area contributed by atoms with Gasteiger partial charge in [0.1, 0.15) is 11.5 Å². The van der Waals surface area contributed by atoms with Gasteiger partial charge in [-0.05, 0) is 47.5 Å². The number of carbonyl (C=O) groups is 1. The molecule has 1 heterocycles. The quantitative estimate of drug-likeness (QED) is 0.669. The van der Waals surface area contributed by atoms with Crippen LogP contribution in [0.15, 0.2) is 30.3 Å². The molecule has 4 rings (SSSR count). The Hall–Kier alpha value is -2.75. The van der Waals surface area contributed by atoms with Gasteiger partial charge in [-0.1, -0.05) is 6.07 Å². The summed E-state index contributed by atoms with van der Waals surface area (Å²) < 4.78 is 5.56. The van der Waals surface area contributed by atoms with Crippen molar-refractivity contribution in [2.45, 2.75) is 6.92 Å². The van der Waals surface area contributed by atoms with Crippen molar-refractivity contribution in [3.05, 3.63) is 41.5 Å². The zero-order chi connectivity index (χ0) is 14.7. The third kappa shape index (κ3) is 1.47. The topological polar surface area (TPSA) is 58.6 Å². The molecule has 0 saturated carbocycles. The van der Waals surface area contributed by atoms with Crippen molar-refractivity contribution in [1.82, 2.24) is 0 Å². The molecule has 3 aromatic rings. The van der Waals surface area contributed by atoms with Gasteiger partial charge < -0.3 is 15.2 Å². The van der Waals surface area contributed by atoms with E-state index in [9.17, 15) is 9.90 Å². The monoisotopic (exact) mass is 279 g/mol. The summed E-state index contributed by atoms with van der Waals surface area (Å²) in [5, 5.41) is 16.3. The van der Waals surface area contributed by atoms with E-state index in [1.807, 2.05) is 25.1 Å². The van der Waals surface area contributed by atoms with Gasteiger partial charge in [-0.25, -0.2) is 0 Å². The van der Waals surface area contributed by atoms with Gasteiger partial charge in [-0.3, -0.25) is 4.79 Å². The highest BCUT2D eigenvalue weighted by molar-refractivity contribution is 6.30. The van der Waals surface area contributed by atoms with E-state index in [-0.39, 0.29) is 11.7 Å². The zero-order valence-corrected chi connectivity index (χ0v) is 11.7. The molecule has 1 aliphatic heterocycles. The second-order valence-electron chi connectivity index (χ2n) is 5.31. The molecule has 0 aliphatic carbocycles. The number of benzene rings is 3. The number of aryl methyl sites for hydroxylation is 1. The number of fused-ring (bicyclic) bond motifs is 2. The molecular formula is C17H13NO3. The van der Waals surface area contributed by atoms with Crippen molar-refractivity contribution in [3.8, 4) is 11.5 Å². The number of methoxy groups -OCH3 is 1. The van der Waals surface area contributed by atoms with Crippen LogP contribution in [0, 0.1) is 6.92 Å². The van der Waals surface area contributed by atoms with Crippen LogP contribution in [0.2, 0.25) is 0 Å². The Labute approximate surface area is 121 Å². The highest BCUT2D eigenvalue weighted by atomic mass is 16.5. The number of ether oxygens (including phenoxy) is 1. The fraction of sp³-hybridized carbons (Fsp3) is 0.118. The van der Waals surface area contributed by atoms with Crippen LogP contribution in [0.4, 0.5) is 5.69 Å². The first-order valence-corrected chi connectivity index (χ1v) is 6.68. The number of carbonyl (C=O) groups excluding carboxylic acids is 1. The van der Waals surface area contributed by atoms with Crippen LogP contribution in [-0.2, 0) is 0 Å². The van der Waals surface area contributed by atoms with Crippen LogP contribution in [0.5, 0.6) is 11.5 Å². The average molecular weight is 279 g/mol. The van der Waals surface area contributed by atoms with Crippen molar-refractivity contribution < 1.29 is 14.6 Å². The summed E-state index contributed by atoms with van der Waals surface area (Å²) in [6.45, 7) is 1.92. The molecule has 0 radical (unpaired) electrons. The lowest BCUT2D eigenvalue weighted by atomic mass is 9.95. The second kappa shape index (κ2) is 3.88. The number of phenolic OH excluding ortho intramolecular Hbond substituents is 1. The smallest absolute Gasteiger partial charge is 0.256 e. The van der Waals surface area contributed by atoms with Gasteiger partial charge >= 0.3 is 0 Å². The van der Waals surface area contributed by atoms with Crippen LogP contribution in [-0.4, -0.2) is 18.1 Å². The van der Waals surface area contributed by atoms with E-state index in [4.69, 9.17) is 4.74 Å². The second-order valence-corrected chi connectivity index (χ2v) is 5.31.